The van der Waals surface area contributed by atoms with Gasteiger partial charge in [-0.3, -0.25) is 13.9 Å². The van der Waals surface area contributed by atoms with Crippen LogP contribution >= 0.6 is 0 Å². The first-order chi connectivity index (χ1) is 17.4. The van der Waals surface area contributed by atoms with Gasteiger partial charge in [0.05, 0.1) is 11.9 Å². The summed E-state index contributed by atoms with van der Waals surface area (Å²) < 4.78 is 26.7. The Morgan fingerprint density at radius 1 is 0.973 bits per heavy atom. The van der Waals surface area contributed by atoms with Crippen LogP contribution in [0.4, 0.5) is 5.69 Å². The lowest BCUT2D eigenvalue weighted by atomic mass is 9.87. The van der Waals surface area contributed by atoms with E-state index in [9.17, 15) is 18.0 Å². The van der Waals surface area contributed by atoms with Crippen molar-refractivity contribution in [1.29, 1.82) is 0 Å². The molecule has 0 radical (unpaired) electrons. The first kappa shape index (κ1) is 30.4. The van der Waals surface area contributed by atoms with Crippen LogP contribution in [-0.2, 0) is 31.4 Å². The number of carbonyl (C=O) groups excluding carboxylic acids is 2. The zero-order valence-electron chi connectivity index (χ0n) is 23.2. The largest absolute Gasteiger partial charge is 0.354 e. The molecule has 0 aromatic heterocycles. The number of amides is 2. The number of nitrogens with one attached hydrogen (secondary N) is 1. The maximum atomic E-state index is 13.7. The molecule has 2 rings (SSSR count). The van der Waals surface area contributed by atoms with Gasteiger partial charge < -0.3 is 10.2 Å². The van der Waals surface area contributed by atoms with Crippen molar-refractivity contribution >= 4 is 27.5 Å². The minimum absolute atomic E-state index is 0.0853. The predicted octanol–water partition coefficient (Wildman–Crippen LogP) is 4.52. The van der Waals surface area contributed by atoms with Crippen LogP contribution in [0.5, 0.6) is 0 Å². The summed E-state index contributed by atoms with van der Waals surface area (Å²) in [6.45, 7) is 10.6. The SMILES string of the molecule is CCCCNC(=O)[C@@H](CC)N(CCc1ccccc1)C(=O)CN(c1ccc(C(C)(C)C)cc1)S(C)(=O)=O. The fourth-order valence-electron chi connectivity index (χ4n) is 4.14. The molecule has 0 spiro atoms. The Balaban J connectivity index is 2.34. The second-order valence-corrected chi connectivity index (χ2v) is 12.4. The Kier molecular flexibility index (Phi) is 11.2. The smallest absolute Gasteiger partial charge is 0.244 e. The molecule has 2 aromatic rings. The van der Waals surface area contributed by atoms with Gasteiger partial charge in [0.1, 0.15) is 12.6 Å². The van der Waals surface area contributed by atoms with E-state index in [1.165, 1.54) is 4.90 Å². The van der Waals surface area contributed by atoms with Crippen LogP contribution in [-0.4, -0.2) is 57.1 Å². The van der Waals surface area contributed by atoms with E-state index in [2.05, 4.69) is 26.1 Å². The highest BCUT2D eigenvalue weighted by atomic mass is 32.2. The summed E-state index contributed by atoms with van der Waals surface area (Å²) in [5, 5.41) is 2.94. The van der Waals surface area contributed by atoms with E-state index in [0.717, 1.165) is 34.5 Å². The van der Waals surface area contributed by atoms with E-state index in [4.69, 9.17) is 0 Å². The average molecular weight is 530 g/mol. The molecule has 0 saturated heterocycles. The van der Waals surface area contributed by atoms with Gasteiger partial charge in [-0.05, 0) is 47.9 Å². The topological polar surface area (TPSA) is 86.8 Å². The summed E-state index contributed by atoms with van der Waals surface area (Å²) in [7, 11) is -3.75. The Hall–Kier alpha value is -2.87. The minimum Gasteiger partial charge on any atom is -0.354 e. The number of rotatable bonds is 13. The van der Waals surface area contributed by atoms with Crippen molar-refractivity contribution in [1.82, 2.24) is 10.2 Å². The number of hydrogen-bond acceptors (Lipinski definition) is 4. The summed E-state index contributed by atoms with van der Waals surface area (Å²) in [6.07, 6.45) is 3.89. The maximum absolute atomic E-state index is 13.7. The van der Waals surface area contributed by atoms with Gasteiger partial charge in [-0.1, -0.05) is 83.5 Å². The number of carbonyl (C=O) groups is 2. The van der Waals surface area contributed by atoms with E-state index in [1.54, 1.807) is 12.1 Å². The summed E-state index contributed by atoms with van der Waals surface area (Å²) in [6, 6.07) is 16.3. The first-order valence-electron chi connectivity index (χ1n) is 13.1. The van der Waals surface area contributed by atoms with Gasteiger partial charge in [-0.15, -0.1) is 0 Å². The quantitative estimate of drug-likeness (QED) is 0.387. The highest BCUT2D eigenvalue weighted by molar-refractivity contribution is 7.92. The van der Waals surface area contributed by atoms with Crippen molar-refractivity contribution in [2.45, 2.75) is 71.8 Å². The van der Waals surface area contributed by atoms with E-state index in [0.29, 0.717) is 31.6 Å². The van der Waals surface area contributed by atoms with E-state index in [-0.39, 0.29) is 17.9 Å². The number of nitrogens with zero attached hydrogens (tertiary/aromatic N) is 2. The van der Waals surface area contributed by atoms with Gasteiger partial charge in [0, 0.05) is 13.1 Å². The summed E-state index contributed by atoms with van der Waals surface area (Å²) in [5.41, 5.74) is 2.44. The van der Waals surface area contributed by atoms with Crippen LogP contribution < -0.4 is 9.62 Å². The molecule has 1 atom stereocenters. The fraction of sp³-hybridized carbons (Fsp3) is 0.517. The summed E-state index contributed by atoms with van der Waals surface area (Å²) in [4.78, 5) is 28.3. The minimum atomic E-state index is -3.75. The van der Waals surface area contributed by atoms with Crippen LogP contribution in [0.25, 0.3) is 0 Å². The predicted molar refractivity (Wildman–Crippen MR) is 151 cm³/mol. The standard InChI is InChI=1S/C29H43N3O4S/c1-7-9-20-30-28(34)26(8-2)31(21-19-23-13-11-10-12-14-23)27(33)22-32(37(6,35)36)25-17-15-24(16-18-25)29(3,4)5/h10-18,26H,7-9,19-22H2,1-6H3,(H,30,34)/t26-/m1/s1. The molecule has 0 aliphatic heterocycles. The van der Waals surface area contributed by atoms with E-state index in [1.807, 2.05) is 56.3 Å². The lowest BCUT2D eigenvalue weighted by Crippen LogP contribution is -2.53. The molecule has 0 fully saturated rings. The van der Waals surface area contributed by atoms with Crippen molar-refractivity contribution < 1.29 is 18.0 Å². The Morgan fingerprint density at radius 2 is 1.59 bits per heavy atom. The normalized spacial score (nSPS) is 12.6. The van der Waals surface area contributed by atoms with Gasteiger partial charge >= 0.3 is 0 Å². The third-order valence-corrected chi connectivity index (χ3v) is 7.54. The van der Waals surface area contributed by atoms with Crippen LogP contribution in [0, 0.1) is 0 Å². The Morgan fingerprint density at radius 3 is 2.11 bits per heavy atom. The highest BCUT2D eigenvalue weighted by Crippen LogP contribution is 2.26. The molecule has 2 aromatic carbocycles. The number of sulfonamides is 1. The molecule has 0 aliphatic carbocycles. The van der Waals surface area contributed by atoms with Gasteiger partial charge in [-0.2, -0.15) is 0 Å². The Bertz CT molecular complexity index is 1110. The number of hydrogen-bond donors (Lipinski definition) is 1. The number of unbranched alkanes of at least 4 members (excludes halogenated alkanes) is 1. The number of benzene rings is 2. The molecular formula is C29H43N3O4S. The highest BCUT2D eigenvalue weighted by Gasteiger charge is 2.31. The van der Waals surface area contributed by atoms with Crippen LogP contribution in [0.2, 0.25) is 0 Å². The third kappa shape index (κ3) is 9.18. The molecule has 2 amide bonds. The van der Waals surface area contributed by atoms with Gasteiger partial charge in [0.2, 0.25) is 21.8 Å². The second-order valence-electron chi connectivity index (χ2n) is 10.5. The molecule has 0 heterocycles. The van der Waals surface area contributed by atoms with Gasteiger partial charge in [0.25, 0.3) is 0 Å². The molecule has 7 nitrogen and oxygen atoms in total. The van der Waals surface area contributed by atoms with Crippen molar-refractivity contribution in [3.63, 3.8) is 0 Å². The Labute approximate surface area is 223 Å². The lowest BCUT2D eigenvalue weighted by Gasteiger charge is -2.33. The fourth-order valence-corrected chi connectivity index (χ4v) is 4.99. The molecule has 0 unspecified atom stereocenters. The van der Waals surface area contributed by atoms with Crippen molar-refractivity contribution in [3.05, 3.63) is 65.7 Å². The van der Waals surface area contributed by atoms with Gasteiger partial charge in [0.15, 0.2) is 0 Å². The average Bonchev–Trinajstić information content (AvgIpc) is 2.84. The summed E-state index contributed by atoms with van der Waals surface area (Å²) >= 11 is 0. The monoisotopic (exact) mass is 529 g/mol. The van der Waals surface area contributed by atoms with Crippen LogP contribution in [0.1, 0.15) is 65.0 Å². The maximum Gasteiger partial charge on any atom is 0.244 e. The van der Waals surface area contributed by atoms with Crippen molar-refractivity contribution in [3.8, 4) is 0 Å². The zero-order chi connectivity index (χ0) is 27.6. The summed E-state index contributed by atoms with van der Waals surface area (Å²) in [5.74, 6) is -0.614. The molecule has 0 aliphatic rings. The molecule has 0 bridgehead atoms. The van der Waals surface area contributed by atoms with Crippen LogP contribution in [0.3, 0.4) is 0 Å². The molecular weight excluding hydrogens is 486 g/mol. The lowest BCUT2D eigenvalue weighted by molar-refractivity contribution is -0.139. The molecule has 0 saturated carbocycles. The van der Waals surface area contributed by atoms with E-state index < -0.39 is 22.0 Å². The zero-order valence-corrected chi connectivity index (χ0v) is 24.0. The van der Waals surface area contributed by atoms with Crippen molar-refractivity contribution in [2.75, 3.05) is 30.2 Å². The van der Waals surface area contributed by atoms with Crippen LogP contribution in [0.15, 0.2) is 54.6 Å². The second kappa shape index (κ2) is 13.6. The molecule has 8 heteroatoms. The van der Waals surface area contributed by atoms with Gasteiger partial charge in [-0.25, -0.2) is 8.42 Å². The number of anilines is 1. The first-order valence-corrected chi connectivity index (χ1v) is 14.9. The van der Waals surface area contributed by atoms with E-state index >= 15 is 0 Å². The molecule has 204 valence electrons. The molecule has 1 N–H and O–H groups in total. The third-order valence-electron chi connectivity index (χ3n) is 6.40. The molecule has 37 heavy (non-hydrogen) atoms. The van der Waals surface area contributed by atoms with Crippen molar-refractivity contribution in [2.24, 2.45) is 0 Å².